The van der Waals surface area contributed by atoms with Crippen LogP contribution in [0.2, 0.25) is 5.15 Å². The Labute approximate surface area is 129 Å². The maximum atomic E-state index is 5.93. The van der Waals surface area contributed by atoms with Gasteiger partial charge in [0, 0.05) is 13.1 Å². The molecule has 0 bridgehead atoms. The lowest BCUT2D eigenvalue weighted by Crippen LogP contribution is -2.25. The van der Waals surface area contributed by atoms with Gasteiger partial charge in [-0.2, -0.15) is 0 Å². The van der Waals surface area contributed by atoms with Crippen molar-refractivity contribution in [2.24, 2.45) is 0 Å². The second-order valence-corrected chi connectivity index (χ2v) is 4.93. The number of hydrogen-bond donors (Lipinski definition) is 0. The molecule has 0 radical (unpaired) electrons. The zero-order chi connectivity index (χ0) is 15.2. The number of anilines is 1. The molecule has 0 atom stereocenters. The monoisotopic (exact) mass is 307 g/mol. The number of ether oxygens (including phenoxy) is 2. The van der Waals surface area contributed by atoms with Crippen molar-refractivity contribution in [2.75, 3.05) is 32.2 Å². The van der Waals surface area contributed by atoms with E-state index in [0.717, 1.165) is 17.3 Å². The predicted octanol–water partition coefficient (Wildman–Crippen LogP) is 2.96. The predicted molar refractivity (Wildman–Crippen MR) is 83.5 cm³/mol. The van der Waals surface area contributed by atoms with Crippen LogP contribution in [0.4, 0.5) is 5.82 Å². The Morgan fingerprint density at radius 3 is 2.43 bits per heavy atom. The number of benzene rings is 1. The van der Waals surface area contributed by atoms with Crippen LogP contribution in [0.25, 0.3) is 0 Å². The zero-order valence-corrected chi connectivity index (χ0v) is 13.1. The average molecular weight is 308 g/mol. The molecule has 0 fully saturated rings. The van der Waals surface area contributed by atoms with Crippen molar-refractivity contribution in [1.29, 1.82) is 0 Å². The van der Waals surface area contributed by atoms with E-state index in [9.17, 15) is 0 Å². The van der Waals surface area contributed by atoms with Crippen LogP contribution in [0.1, 0.15) is 5.82 Å². The van der Waals surface area contributed by atoms with Gasteiger partial charge >= 0.3 is 0 Å². The van der Waals surface area contributed by atoms with Crippen molar-refractivity contribution in [1.82, 2.24) is 9.97 Å². The molecule has 1 heterocycles. The van der Waals surface area contributed by atoms with E-state index in [-0.39, 0.29) is 0 Å². The smallest absolute Gasteiger partial charge is 0.134 e. The van der Waals surface area contributed by atoms with Gasteiger partial charge in [-0.3, -0.25) is 0 Å². The summed E-state index contributed by atoms with van der Waals surface area (Å²) in [5, 5.41) is 0.445. The molecule has 112 valence electrons. The maximum Gasteiger partial charge on any atom is 0.134 e. The summed E-state index contributed by atoms with van der Waals surface area (Å²) >= 11 is 5.93. The molecule has 0 amide bonds. The van der Waals surface area contributed by atoms with E-state index in [0.29, 0.717) is 24.1 Å². The second-order valence-electron chi connectivity index (χ2n) is 4.54. The van der Waals surface area contributed by atoms with Crippen LogP contribution in [-0.4, -0.2) is 37.3 Å². The van der Waals surface area contributed by atoms with Crippen LogP contribution in [0.5, 0.6) is 11.5 Å². The molecule has 0 spiro atoms. The van der Waals surface area contributed by atoms with Crippen LogP contribution in [0.3, 0.4) is 0 Å². The van der Waals surface area contributed by atoms with Crippen molar-refractivity contribution >= 4 is 17.4 Å². The molecule has 2 rings (SSSR count). The zero-order valence-electron chi connectivity index (χ0n) is 12.3. The Kier molecular flexibility index (Phi) is 5.22. The lowest BCUT2D eigenvalue weighted by Gasteiger charge is -2.18. The molecule has 0 aliphatic rings. The van der Waals surface area contributed by atoms with Crippen LogP contribution in [0, 0.1) is 6.92 Å². The van der Waals surface area contributed by atoms with Gasteiger partial charge in [0.2, 0.25) is 0 Å². The fourth-order valence-electron chi connectivity index (χ4n) is 1.80. The first-order valence-corrected chi connectivity index (χ1v) is 6.95. The summed E-state index contributed by atoms with van der Waals surface area (Å²) < 4.78 is 10.8. The van der Waals surface area contributed by atoms with Crippen molar-refractivity contribution in [3.05, 3.63) is 41.3 Å². The number of likely N-dealkylation sites (N-methyl/N-ethyl adjacent to an activating group) is 1. The van der Waals surface area contributed by atoms with Crippen LogP contribution in [-0.2, 0) is 0 Å². The molecule has 1 aromatic carbocycles. The van der Waals surface area contributed by atoms with Crippen LogP contribution >= 0.6 is 11.6 Å². The number of aromatic nitrogens is 2. The Morgan fingerprint density at radius 1 is 1.14 bits per heavy atom. The van der Waals surface area contributed by atoms with Crippen molar-refractivity contribution < 1.29 is 9.47 Å². The van der Waals surface area contributed by atoms with Crippen molar-refractivity contribution in [3.8, 4) is 11.5 Å². The molecule has 0 aliphatic carbocycles. The molecule has 21 heavy (non-hydrogen) atoms. The number of rotatable bonds is 6. The van der Waals surface area contributed by atoms with Gasteiger partial charge in [-0.15, -0.1) is 0 Å². The summed E-state index contributed by atoms with van der Waals surface area (Å²) in [7, 11) is 3.58. The molecule has 0 saturated carbocycles. The highest BCUT2D eigenvalue weighted by molar-refractivity contribution is 6.29. The Hall–Kier alpha value is -2.01. The molecular weight excluding hydrogens is 290 g/mol. The van der Waals surface area contributed by atoms with E-state index in [1.807, 2.05) is 43.1 Å². The van der Waals surface area contributed by atoms with Gasteiger partial charge in [0.25, 0.3) is 0 Å². The Balaban J connectivity index is 1.87. The Bertz CT molecular complexity index is 570. The third-order valence-corrected chi connectivity index (χ3v) is 3.13. The fraction of sp³-hybridized carbons (Fsp3) is 0.333. The van der Waals surface area contributed by atoms with Gasteiger partial charge in [-0.25, -0.2) is 9.97 Å². The molecule has 0 unspecified atom stereocenters. The van der Waals surface area contributed by atoms with Gasteiger partial charge in [0.15, 0.2) is 0 Å². The van der Waals surface area contributed by atoms with E-state index in [4.69, 9.17) is 21.1 Å². The quantitative estimate of drug-likeness (QED) is 0.768. The second kappa shape index (κ2) is 7.13. The first kappa shape index (κ1) is 15.4. The topological polar surface area (TPSA) is 47.5 Å². The summed E-state index contributed by atoms with van der Waals surface area (Å²) in [6.07, 6.45) is 0. The van der Waals surface area contributed by atoms with Gasteiger partial charge in [-0.05, 0) is 31.2 Å². The number of methoxy groups -OCH3 is 1. The van der Waals surface area contributed by atoms with Crippen molar-refractivity contribution in [3.63, 3.8) is 0 Å². The number of nitrogens with zero attached hydrogens (tertiary/aromatic N) is 3. The first-order valence-electron chi connectivity index (χ1n) is 6.57. The molecule has 0 saturated heterocycles. The molecule has 6 heteroatoms. The van der Waals surface area contributed by atoms with E-state index >= 15 is 0 Å². The SMILES string of the molecule is COc1ccc(OCCN(C)c2cc(Cl)nc(C)n2)cc1. The average Bonchev–Trinajstić information content (AvgIpc) is 2.47. The highest BCUT2D eigenvalue weighted by atomic mass is 35.5. The summed E-state index contributed by atoms with van der Waals surface area (Å²) in [6, 6.07) is 9.23. The summed E-state index contributed by atoms with van der Waals surface area (Å²) in [5.74, 6) is 3.05. The van der Waals surface area contributed by atoms with Gasteiger partial charge in [-0.1, -0.05) is 11.6 Å². The highest BCUT2D eigenvalue weighted by Gasteiger charge is 2.06. The lowest BCUT2D eigenvalue weighted by atomic mass is 10.3. The molecule has 2 aromatic rings. The number of halogens is 1. The first-order chi connectivity index (χ1) is 10.1. The molecule has 0 N–H and O–H groups in total. The third kappa shape index (κ3) is 4.49. The van der Waals surface area contributed by atoms with E-state index in [1.54, 1.807) is 13.2 Å². The summed E-state index contributed by atoms with van der Waals surface area (Å²) in [4.78, 5) is 10.4. The van der Waals surface area contributed by atoms with Crippen molar-refractivity contribution in [2.45, 2.75) is 6.92 Å². The number of aryl methyl sites for hydroxylation is 1. The maximum absolute atomic E-state index is 5.93. The fourth-order valence-corrected chi connectivity index (χ4v) is 2.02. The van der Waals surface area contributed by atoms with E-state index in [1.165, 1.54) is 0 Å². The molecule has 0 aliphatic heterocycles. The summed E-state index contributed by atoms with van der Waals surface area (Å²) in [5.41, 5.74) is 0. The van der Waals surface area contributed by atoms with E-state index < -0.39 is 0 Å². The normalized spacial score (nSPS) is 10.3. The largest absolute Gasteiger partial charge is 0.497 e. The van der Waals surface area contributed by atoms with Gasteiger partial charge in [0.1, 0.15) is 34.9 Å². The minimum Gasteiger partial charge on any atom is -0.497 e. The summed E-state index contributed by atoms with van der Waals surface area (Å²) in [6.45, 7) is 3.05. The van der Waals surface area contributed by atoms with Crippen LogP contribution in [0.15, 0.2) is 30.3 Å². The molecule has 1 aromatic heterocycles. The van der Waals surface area contributed by atoms with Gasteiger partial charge < -0.3 is 14.4 Å². The minimum atomic E-state index is 0.445. The Morgan fingerprint density at radius 2 is 1.81 bits per heavy atom. The standard InChI is InChI=1S/C15H18ClN3O2/c1-11-17-14(16)10-15(18-11)19(2)8-9-21-13-6-4-12(20-3)5-7-13/h4-7,10H,8-9H2,1-3H3. The highest BCUT2D eigenvalue weighted by Crippen LogP contribution is 2.17. The van der Waals surface area contributed by atoms with E-state index in [2.05, 4.69) is 9.97 Å². The van der Waals surface area contributed by atoms with Crippen LogP contribution < -0.4 is 14.4 Å². The minimum absolute atomic E-state index is 0.445. The number of hydrogen-bond acceptors (Lipinski definition) is 5. The third-order valence-electron chi connectivity index (χ3n) is 2.94. The van der Waals surface area contributed by atoms with Gasteiger partial charge in [0.05, 0.1) is 13.7 Å². The molecular formula is C15H18ClN3O2. The lowest BCUT2D eigenvalue weighted by molar-refractivity contribution is 0.324. The molecule has 5 nitrogen and oxygen atoms in total.